The van der Waals surface area contributed by atoms with E-state index in [4.69, 9.17) is 0 Å². The van der Waals surface area contributed by atoms with E-state index in [0.717, 1.165) is 11.1 Å². The summed E-state index contributed by atoms with van der Waals surface area (Å²) in [5, 5.41) is 3.34. The third-order valence-electron chi connectivity index (χ3n) is 4.75. The highest BCUT2D eigenvalue weighted by Crippen LogP contribution is 2.15. The van der Waals surface area contributed by atoms with Gasteiger partial charge in [-0.25, -0.2) is 4.98 Å². The summed E-state index contributed by atoms with van der Waals surface area (Å²) in [4.78, 5) is 30.0. The second-order valence-corrected chi connectivity index (χ2v) is 6.85. The molecule has 0 aliphatic rings. The third-order valence-corrected chi connectivity index (χ3v) is 4.75. The molecule has 4 rings (SSSR count). The number of amides is 1. The summed E-state index contributed by atoms with van der Waals surface area (Å²) >= 11 is 0. The van der Waals surface area contributed by atoms with Crippen LogP contribution in [0.5, 0.6) is 0 Å². The Bertz CT molecular complexity index is 1230. The number of hydrogen-bond acceptors (Lipinski definition) is 3. The van der Waals surface area contributed by atoms with Crippen LogP contribution in [0.15, 0.2) is 53.5 Å². The van der Waals surface area contributed by atoms with Gasteiger partial charge in [-0.15, -0.1) is 0 Å². The van der Waals surface area contributed by atoms with Crippen molar-refractivity contribution in [3.05, 3.63) is 81.4 Å². The predicted molar refractivity (Wildman–Crippen MR) is 105 cm³/mol. The smallest absolute Gasteiger partial charge is 0.268 e. The molecule has 0 unspecified atom stereocenters. The molecule has 3 heterocycles. The lowest BCUT2D eigenvalue weighted by Gasteiger charge is -2.07. The standard InChI is InChI=1S/C21H20N4O2/c1-13-4-7-15(8-5-13)11-22-20(26)17-10-16-19(24(17)3)23-18-9-6-14(2)12-25(18)21(16)27/h4-10,12H,11H2,1-3H3,(H,22,26). The number of nitrogens with zero attached hydrogens (tertiary/aromatic N) is 3. The lowest BCUT2D eigenvalue weighted by Crippen LogP contribution is -2.24. The van der Waals surface area contributed by atoms with Gasteiger partial charge in [0.15, 0.2) is 0 Å². The van der Waals surface area contributed by atoms with Gasteiger partial charge in [-0.2, -0.15) is 0 Å². The number of hydrogen-bond donors (Lipinski definition) is 1. The van der Waals surface area contributed by atoms with E-state index in [1.807, 2.05) is 44.2 Å². The zero-order chi connectivity index (χ0) is 19.1. The minimum atomic E-state index is -0.235. The largest absolute Gasteiger partial charge is 0.347 e. The fraction of sp³-hybridized carbons (Fsp3) is 0.190. The summed E-state index contributed by atoms with van der Waals surface area (Å²) < 4.78 is 3.19. The summed E-state index contributed by atoms with van der Waals surface area (Å²) in [6.45, 7) is 4.37. The Morgan fingerprint density at radius 2 is 1.78 bits per heavy atom. The number of aromatic nitrogens is 3. The second-order valence-electron chi connectivity index (χ2n) is 6.85. The molecule has 0 saturated carbocycles. The third kappa shape index (κ3) is 2.99. The minimum absolute atomic E-state index is 0.174. The molecule has 0 spiro atoms. The van der Waals surface area contributed by atoms with Crippen molar-refractivity contribution in [3.63, 3.8) is 0 Å². The molecule has 1 N–H and O–H groups in total. The van der Waals surface area contributed by atoms with Crippen LogP contribution in [0.3, 0.4) is 0 Å². The molecule has 1 amide bonds. The Balaban J connectivity index is 1.71. The second kappa shape index (κ2) is 6.39. The maximum absolute atomic E-state index is 12.8. The number of carbonyl (C=O) groups is 1. The molecule has 0 saturated heterocycles. The zero-order valence-electron chi connectivity index (χ0n) is 15.5. The van der Waals surface area contributed by atoms with Crippen molar-refractivity contribution in [3.8, 4) is 0 Å². The van der Waals surface area contributed by atoms with E-state index in [9.17, 15) is 9.59 Å². The summed E-state index contributed by atoms with van der Waals surface area (Å²) in [5.41, 5.74) is 4.47. The summed E-state index contributed by atoms with van der Waals surface area (Å²) in [6.07, 6.45) is 1.76. The van der Waals surface area contributed by atoms with Gasteiger partial charge in [-0.3, -0.25) is 14.0 Å². The van der Waals surface area contributed by atoms with Gasteiger partial charge in [0, 0.05) is 19.8 Å². The van der Waals surface area contributed by atoms with Crippen molar-refractivity contribution in [2.45, 2.75) is 20.4 Å². The Morgan fingerprint density at radius 1 is 1.07 bits per heavy atom. The summed E-state index contributed by atoms with van der Waals surface area (Å²) in [5.74, 6) is -0.235. The van der Waals surface area contributed by atoms with Crippen LogP contribution in [0.2, 0.25) is 0 Å². The molecular formula is C21H20N4O2. The molecule has 6 heteroatoms. The predicted octanol–water partition coefficient (Wildman–Crippen LogP) is 2.73. The van der Waals surface area contributed by atoms with Gasteiger partial charge in [-0.05, 0) is 37.1 Å². The first-order valence-corrected chi connectivity index (χ1v) is 8.76. The van der Waals surface area contributed by atoms with Crippen molar-refractivity contribution < 1.29 is 4.79 Å². The van der Waals surface area contributed by atoms with Gasteiger partial charge in [0.1, 0.15) is 17.0 Å². The molecule has 1 aromatic carbocycles. The SMILES string of the molecule is Cc1ccc(CNC(=O)c2cc3c(=O)n4cc(C)ccc4nc3n2C)cc1. The van der Waals surface area contributed by atoms with Gasteiger partial charge in [-0.1, -0.05) is 35.9 Å². The monoisotopic (exact) mass is 360 g/mol. The summed E-state index contributed by atoms with van der Waals surface area (Å²) in [6, 6.07) is 13.3. The fourth-order valence-electron chi connectivity index (χ4n) is 3.17. The molecule has 0 aliphatic carbocycles. The Morgan fingerprint density at radius 3 is 2.52 bits per heavy atom. The van der Waals surface area contributed by atoms with Gasteiger partial charge in [0.05, 0.1) is 5.39 Å². The fourth-order valence-corrected chi connectivity index (χ4v) is 3.17. The molecule has 0 fully saturated rings. The molecule has 27 heavy (non-hydrogen) atoms. The molecule has 4 aromatic rings. The topological polar surface area (TPSA) is 68.4 Å². The first kappa shape index (κ1) is 17.0. The van der Waals surface area contributed by atoms with Crippen LogP contribution in [0.1, 0.15) is 27.2 Å². The van der Waals surface area contributed by atoms with Crippen molar-refractivity contribution in [1.29, 1.82) is 0 Å². The highest BCUT2D eigenvalue weighted by Gasteiger charge is 2.17. The van der Waals surface area contributed by atoms with Crippen LogP contribution in [0.4, 0.5) is 0 Å². The van der Waals surface area contributed by atoms with Crippen LogP contribution in [0, 0.1) is 13.8 Å². The Kier molecular flexibility index (Phi) is 4.03. The number of carbonyl (C=O) groups excluding carboxylic acids is 1. The van der Waals surface area contributed by atoms with Gasteiger partial charge >= 0.3 is 0 Å². The minimum Gasteiger partial charge on any atom is -0.347 e. The normalized spacial score (nSPS) is 11.2. The molecule has 0 atom stereocenters. The van der Waals surface area contributed by atoms with Crippen molar-refractivity contribution in [1.82, 2.24) is 19.3 Å². The number of rotatable bonds is 3. The van der Waals surface area contributed by atoms with E-state index < -0.39 is 0 Å². The van der Waals surface area contributed by atoms with E-state index in [2.05, 4.69) is 10.3 Å². The van der Waals surface area contributed by atoms with Crippen LogP contribution in [-0.2, 0) is 13.6 Å². The summed E-state index contributed by atoms with van der Waals surface area (Å²) in [7, 11) is 1.75. The van der Waals surface area contributed by atoms with E-state index in [1.54, 1.807) is 29.9 Å². The van der Waals surface area contributed by atoms with Crippen LogP contribution < -0.4 is 10.9 Å². The molecule has 3 aromatic heterocycles. The van der Waals surface area contributed by atoms with Gasteiger partial charge < -0.3 is 9.88 Å². The molecule has 0 bridgehead atoms. The van der Waals surface area contributed by atoms with E-state index in [1.165, 1.54) is 9.96 Å². The zero-order valence-corrected chi connectivity index (χ0v) is 15.5. The average Bonchev–Trinajstić information content (AvgIpc) is 2.99. The van der Waals surface area contributed by atoms with Crippen molar-refractivity contribution in [2.75, 3.05) is 0 Å². The van der Waals surface area contributed by atoms with E-state index in [-0.39, 0.29) is 11.5 Å². The van der Waals surface area contributed by atoms with Gasteiger partial charge in [0.2, 0.25) is 0 Å². The quantitative estimate of drug-likeness (QED) is 0.611. The lowest BCUT2D eigenvalue weighted by molar-refractivity contribution is 0.0943. The number of benzene rings is 1. The van der Waals surface area contributed by atoms with E-state index >= 15 is 0 Å². The molecular weight excluding hydrogens is 340 g/mol. The van der Waals surface area contributed by atoms with Gasteiger partial charge in [0.25, 0.3) is 11.5 Å². The maximum atomic E-state index is 12.8. The molecule has 0 aliphatic heterocycles. The number of nitrogens with one attached hydrogen (secondary N) is 1. The molecule has 6 nitrogen and oxygen atoms in total. The maximum Gasteiger partial charge on any atom is 0.268 e. The first-order valence-electron chi connectivity index (χ1n) is 8.76. The highest BCUT2D eigenvalue weighted by atomic mass is 16.2. The Hall–Kier alpha value is -3.41. The first-order chi connectivity index (χ1) is 12.9. The Labute approximate surface area is 156 Å². The number of fused-ring (bicyclic) bond motifs is 2. The van der Waals surface area contributed by atoms with E-state index in [0.29, 0.717) is 28.9 Å². The number of pyridine rings is 1. The van der Waals surface area contributed by atoms with Crippen LogP contribution >= 0.6 is 0 Å². The molecule has 136 valence electrons. The highest BCUT2D eigenvalue weighted by molar-refractivity contribution is 5.98. The van der Waals surface area contributed by atoms with Crippen LogP contribution in [-0.4, -0.2) is 19.9 Å². The molecule has 0 radical (unpaired) electrons. The van der Waals surface area contributed by atoms with Crippen LogP contribution in [0.25, 0.3) is 16.7 Å². The van der Waals surface area contributed by atoms with Crippen molar-refractivity contribution >= 4 is 22.6 Å². The number of aryl methyl sites for hydroxylation is 3. The lowest BCUT2D eigenvalue weighted by atomic mass is 10.1. The average molecular weight is 360 g/mol. The van der Waals surface area contributed by atoms with Crippen molar-refractivity contribution in [2.24, 2.45) is 7.05 Å².